The summed E-state index contributed by atoms with van der Waals surface area (Å²) in [7, 11) is 1.94. The molecule has 0 bridgehead atoms. The molecule has 2 aromatic rings. The highest BCUT2D eigenvalue weighted by Gasteiger charge is 2.09. The molecule has 0 aliphatic rings. The van der Waals surface area contributed by atoms with Crippen molar-refractivity contribution in [3.63, 3.8) is 0 Å². The molecule has 3 nitrogen and oxygen atoms in total. The minimum absolute atomic E-state index is 0.753. The van der Waals surface area contributed by atoms with Crippen LogP contribution < -0.4 is 5.32 Å². The summed E-state index contributed by atoms with van der Waals surface area (Å²) in [5.74, 6) is 0. The van der Waals surface area contributed by atoms with Gasteiger partial charge in [-0.25, -0.2) is 0 Å². The Morgan fingerprint density at radius 3 is 2.88 bits per heavy atom. The molecule has 0 radical (unpaired) electrons. The van der Waals surface area contributed by atoms with Crippen molar-refractivity contribution in [1.82, 2.24) is 15.1 Å². The second-order valence-electron chi connectivity index (χ2n) is 3.86. The summed E-state index contributed by atoms with van der Waals surface area (Å²) >= 11 is 6.08. The molecule has 0 aliphatic carbocycles. The lowest BCUT2D eigenvalue weighted by Crippen LogP contribution is -2.08. The predicted octanol–water partition coefficient (Wildman–Crippen LogP) is 2.94. The molecular formula is C13H16ClN3. The van der Waals surface area contributed by atoms with E-state index in [4.69, 9.17) is 11.6 Å². The summed E-state index contributed by atoms with van der Waals surface area (Å²) in [5, 5.41) is 8.22. The van der Waals surface area contributed by atoms with E-state index in [0.717, 1.165) is 29.4 Å². The lowest BCUT2D eigenvalue weighted by atomic mass is 10.0. The molecule has 17 heavy (non-hydrogen) atoms. The van der Waals surface area contributed by atoms with Crippen molar-refractivity contribution in [3.8, 4) is 11.3 Å². The van der Waals surface area contributed by atoms with Gasteiger partial charge < -0.3 is 5.32 Å². The number of hydrogen-bond acceptors (Lipinski definition) is 2. The second-order valence-corrected chi connectivity index (χ2v) is 4.30. The standard InChI is InChI=1S/C13H16ClN3/c1-3-17-13(6-7-16-17)12-8-11(14)5-4-10(12)9-15-2/h4-8,15H,3,9H2,1-2H3. The summed E-state index contributed by atoms with van der Waals surface area (Å²) in [6.45, 7) is 3.76. The molecule has 0 saturated heterocycles. The minimum atomic E-state index is 0.753. The summed E-state index contributed by atoms with van der Waals surface area (Å²) in [6.07, 6.45) is 1.82. The van der Waals surface area contributed by atoms with Gasteiger partial charge in [0.05, 0.1) is 5.69 Å². The molecule has 0 amide bonds. The van der Waals surface area contributed by atoms with Crippen molar-refractivity contribution in [2.24, 2.45) is 0 Å². The van der Waals surface area contributed by atoms with Gasteiger partial charge in [-0.2, -0.15) is 5.10 Å². The van der Waals surface area contributed by atoms with Gasteiger partial charge in [0.15, 0.2) is 0 Å². The lowest BCUT2D eigenvalue weighted by Gasteiger charge is -2.11. The molecule has 2 rings (SSSR count). The first-order valence-corrected chi connectivity index (χ1v) is 6.09. The van der Waals surface area contributed by atoms with Crippen LogP contribution in [0.2, 0.25) is 5.02 Å². The van der Waals surface area contributed by atoms with Gasteiger partial charge in [-0.15, -0.1) is 0 Å². The van der Waals surface area contributed by atoms with Crippen molar-refractivity contribution in [2.75, 3.05) is 7.05 Å². The van der Waals surface area contributed by atoms with Crippen LogP contribution in [0.15, 0.2) is 30.5 Å². The summed E-state index contributed by atoms with van der Waals surface area (Å²) in [6, 6.07) is 8.00. The molecule has 1 heterocycles. The summed E-state index contributed by atoms with van der Waals surface area (Å²) in [4.78, 5) is 0. The second kappa shape index (κ2) is 5.34. The fraction of sp³-hybridized carbons (Fsp3) is 0.308. The number of aryl methyl sites for hydroxylation is 1. The smallest absolute Gasteiger partial charge is 0.0685 e. The number of benzene rings is 1. The third-order valence-corrected chi connectivity index (χ3v) is 2.97. The monoisotopic (exact) mass is 249 g/mol. The molecule has 1 N–H and O–H groups in total. The van der Waals surface area contributed by atoms with Gasteiger partial charge in [0, 0.05) is 29.9 Å². The van der Waals surface area contributed by atoms with Crippen molar-refractivity contribution < 1.29 is 0 Å². The zero-order chi connectivity index (χ0) is 12.3. The van der Waals surface area contributed by atoms with Crippen LogP contribution in [-0.2, 0) is 13.1 Å². The van der Waals surface area contributed by atoms with Gasteiger partial charge in [-0.05, 0) is 37.7 Å². The van der Waals surface area contributed by atoms with E-state index in [1.807, 2.05) is 36.1 Å². The maximum absolute atomic E-state index is 6.08. The molecule has 4 heteroatoms. The van der Waals surface area contributed by atoms with Crippen molar-refractivity contribution >= 4 is 11.6 Å². The highest BCUT2D eigenvalue weighted by atomic mass is 35.5. The van der Waals surface area contributed by atoms with E-state index in [0.29, 0.717) is 0 Å². The average Bonchev–Trinajstić information content (AvgIpc) is 2.79. The zero-order valence-corrected chi connectivity index (χ0v) is 10.8. The Kier molecular flexibility index (Phi) is 3.82. The molecule has 1 aromatic heterocycles. The normalized spacial score (nSPS) is 10.8. The van der Waals surface area contributed by atoms with Crippen molar-refractivity contribution in [2.45, 2.75) is 20.0 Å². The van der Waals surface area contributed by atoms with Gasteiger partial charge in [-0.1, -0.05) is 17.7 Å². The molecular weight excluding hydrogens is 234 g/mol. The van der Waals surface area contributed by atoms with Gasteiger partial charge >= 0.3 is 0 Å². The molecule has 0 fully saturated rings. The number of nitrogens with zero attached hydrogens (tertiary/aromatic N) is 2. The van der Waals surface area contributed by atoms with Crippen LogP contribution in [-0.4, -0.2) is 16.8 Å². The number of hydrogen-bond donors (Lipinski definition) is 1. The topological polar surface area (TPSA) is 29.9 Å². The molecule has 0 spiro atoms. The van der Waals surface area contributed by atoms with Crippen molar-refractivity contribution in [3.05, 3.63) is 41.0 Å². The first-order chi connectivity index (χ1) is 8.26. The van der Waals surface area contributed by atoms with Crippen LogP contribution in [0.1, 0.15) is 12.5 Å². The van der Waals surface area contributed by atoms with Gasteiger partial charge in [0.25, 0.3) is 0 Å². The summed E-state index contributed by atoms with van der Waals surface area (Å²) in [5.41, 5.74) is 3.48. The Morgan fingerprint density at radius 2 is 2.18 bits per heavy atom. The van der Waals surface area contributed by atoms with Crippen LogP contribution in [0.25, 0.3) is 11.3 Å². The Bertz CT molecular complexity index is 505. The lowest BCUT2D eigenvalue weighted by molar-refractivity contribution is 0.666. The highest BCUT2D eigenvalue weighted by Crippen LogP contribution is 2.26. The van der Waals surface area contributed by atoms with Gasteiger partial charge in [0.1, 0.15) is 0 Å². The quantitative estimate of drug-likeness (QED) is 0.903. The largest absolute Gasteiger partial charge is 0.316 e. The van der Waals surface area contributed by atoms with Crippen LogP contribution in [0, 0.1) is 0 Å². The molecule has 0 unspecified atom stereocenters. The zero-order valence-electron chi connectivity index (χ0n) is 10.1. The van der Waals surface area contributed by atoms with Crippen LogP contribution >= 0.6 is 11.6 Å². The maximum atomic E-state index is 6.08. The van der Waals surface area contributed by atoms with Crippen LogP contribution in [0.3, 0.4) is 0 Å². The number of nitrogens with one attached hydrogen (secondary N) is 1. The first kappa shape index (κ1) is 12.1. The Morgan fingerprint density at radius 1 is 1.35 bits per heavy atom. The third kappa shape index (κ3) is 2.51. The number of halogens is 1. The SMILES string of the molecule is CCn1nccc1-c1cc(Cl)ccc1CNC. The number of rotatable bonds is 4. The molecule has 90 valence electrons. The molecule has 0 saturated carbocycles. The molecule has 1 aromatic carbocycles. The van der Waals surface area contributed by atoms with E-state index in [2.05, 4.69) is 23.4 Å². The predicted molar refractivity (Wildman–Crippen MR) is 71.1 cm³/mol. The van der Waals surface area contributed by atoms with E-state index >= 15 is 0 Å². The Hall–Kier alpha value is -1.32. The van der Waals surface area contributed by atoms with E-state index in [9.17, 15) is 0 Å². The highest BCUT2D eigenvalue weighted by molar-refractivity contribution is 6.30. The first-order valence-electron chi connectivity index (χ1n) is 5.71. The van der Waals surface area contributed by atoms with E-state index in [-0.39, 0.29) is 0 Å². The number of aromatic nitrogens is 2. The van der Waals surface area contributed by atoms with Crippen molar-refractivity contribution in [1.29, 1.82) is 0 Å². The summed E-state index contributed by atoms with van der Waals surface area (Å²) < 4.78 is 1.98. The fourth-order valence-electron chi connectivity index (χ4n) is 1.95. The van der Waals surface area contributed by atoms with Gasteiger partial charge in [0.2, 0.25) is 0 Å². The maximum Gasteiger partial charge on any atom is 0.0685 e. The van der Waals surface area contributed by atoms with Crippen LogP contribution in [0.4, 0.5) is 0 Å². The van der Waals surface area contributed by atoms with Gasteiger partial charge in [-0.3, -0.25) is 4.68 Å². The Labute approximate surface area is 106 Å². The van der Waals surface area contributed by atoms with E-state index in [1.165, 1.54) is 5.56 Å². The van der Waals surface area contributed by atoms with E-state index < -0.39 is 0 Å². The molecule has 0 atom stereocenters. The average molecular weight is 250 g/mol. The van der Waals surface area contributed by atoms with Crippen LogP contribution in [0.5, 0.6) is 0 Å². The van der Waals surface area contributed by atoms with E-state index in [1.54, 1.807) is 0 Å². The Balaban J connectivity index is 2.52. The third-order valence-electron chi connectivity index (χ3n) is 2.73. The minimum Gasteiger partial charge on any atom is -0.316 e. The fourth-order valence-corrected chi connectivity index (χ4v) is 2.12. The molecule has 0 aliphatic heterocycles.